The molecular weight excluding hydrogens is 621 g/mol. The minimum atomic E-state index is -0.766. The van der Waals surface area contributed by atoms with E-state index >= 15 is 0 Å². The number of fused-ring (bicyclic) bond motifs is 1. The summed E-state index contributed by atoms with van der Waals surface area (Å²) in [6.07, 6.45) is 1.66. The molecule has 11 heteroatoms. The lowest BCUT2D eigenvalue weighted by Crippen LogP contribution is -2.39. The van der Waals surface area contributed by atoms with Gasteiger partial charge in [-0.25, -0.2) is 9.79 Å². The maximum atomic E-state index is 14.1. The van der Waals surface area contributed by atoms with E-state index in [-0.39, 0.29) is 29.4 Å². The molecule has 4 aromatic rings. The lowest BCUT2D eigenvalue weighted by Gasteiger charge is -2.24. The fourth-order valence-corrected chi connectivity index (χ4v) is 6.43. The molecule has 1 atom stereocenters. The van der Waals surface area contributed by atoms with Crippen molar-refractivity contribution in [1.82, 2.24) is 4.57 Å². The van der Waals surface area contributed by atoms with Crippen LogP contribution in [-0.2, 0) is 16.1 Å². The summed E-state index contributed by atoms with van der Waals surface area (Å²) in [6, 6.07) is 18.8. The van der Waals surface area contributed by atoms with Gasteiger partial charge in [-0.2, -0.15) is 5.26 Å². The van der Waals surface area contributed by atoms with Crippen LogP contribution in [0.5, 0.6) is 11.5 Å². The van der Waals surface area contributed by atoms with Gasteiger partial charge in [0.05, 0.1) is 51.7 Å². The second-order valence-electron chi connectivity index (χ2n) is 9.71. The van der Waals surface area contributed by atoms with Crippen LogP contribution < -0.4 is 24.4 Å². The molecule has 5 rings (SSSR count). The summed E-state index contributed by atoms with van der Waals surface area (Å²) < 4.78 is 18.9. The molecule has 1 aromatic heterocycles. The third-order valence-electron chi connectivity index (χ3n) is 6.81. The number of rotatable bonds is 9. The minimum Gasteiger partial charge on any atom is -0.494 e. The van der Waals surface area contributed by atoms with Crippen molar-refractivity contribution in [2.24, 2.45) is 4.99 Å². The van der Waals surface area contributed by atoms with Crippen molar-refractivity contribution >= 4 is 46.6 Å². The first-order chi connectivity index (χ1) is 21.2. The molecule has 8 nitrogen and oxygen atoms in total. The van der Waals surface area contributed by atoms with Crippen molar-refractivity contribution in [2.75, 3.05) is 13.2 Å². The molecule has 0 spiro atoms. The zero-order valence-electron chi connectivity index (χ0n) is 24.1. The third kappa shape index (κ3) is 6.43. The molecule has 3 aromatic carbocycles. The number of aromatic nitrogens is 1. The summed E-state index contributed by atoms with van der Waals surface area (Å²) in [5, 5.41) is 9.72. The molecule has 0 saturated heterocycles. The minimum absolute atomic E-state index is 0.176. The van der Waals surface area contributed by atoms with Gasteiger partial charge in [0.2, 0.25) is 0 Å². The highest BCUT2D eigenvalue weighted by Gasteiger charge is 2.33. The topological polar surface area (TPSA) is 103 Å². The van der Waals surface area contributed by atoms with Crippen molar-refractivity contribution in [3.8, 4) is 17.6 Å². The van der Waals surface area contributed by atoms with Crippen molar-refractivity contribution < 1.29 is 19.0 Å². The summed E-state index contributed by atoms with van der Waals surface area (Å²) in [4.78, 5) is 32.3. The summed E-state index contributed by atoms with van der Waals surface area (Å²) in [6.45, 7) is 6.22. The van der Waals surface area contributed by atoms with E-state index < -0.39 is 12.0 Å². The molecule has 0 bridgehead atoms. The highest BCUT2D eigenvalue weighted by Crippen LogP contribution is 2.34. The normalized spacial score (nSPS) is 14.5. The lowest BCUT2D eigenvalue weighted by atomic mass is 9.96. The number of carbonyl (C=O) groups is 1. The van der Waals surface area contributed by atoms with Gasteiger partial charge < -0.3 is 14.2 Å². The maximum Gasteiger partial charge on any atom is 0.338 e. The highest BCUT2D eigenvalue weighted by atomic mass is 35.5. The molecular formula is C33H27Cl2N3O5S. The predicted octanol–water partition coefficient (Wildman–Crippen LogP) is 5.95. The zero-order chi connectivity index (χ0) is 31.4. The number of allylic oxidation sites excluding steroid dienone is 1. The van der Waals surface area contributed by atoms with Gasteiger partial charge in [-0.1, -0.05) is 58.8 Å². The van der Waals surface area contributed by atoms with Crippen LogP contribution in [-0.4, -0.2) is 23.8 Å². The molecule has 0 fully saturated rings. The monoisotopic (exact) mass is 647 g/mol. The van der Waals surface area contributed by atoms with E-state index in [1.807, 2.05) is 19.1 Å². The summed E-state index contributed by atoms with van der Waals surface area (Å²) in [5.41, 5.74) is 2.98. The van der Waals surface area contributed by atoms with Crippen LogP contribution in [0.25, 0.3) is 6.08 Å². The van der Waals surface area contributed by atoms with Crippen LogP contribution in [0.1, 0.15) is 49.1 Å². The van der Waals surface area contributed by atoms with Gasteiger partial charge >= 0.3 is 5.97 Å². The second kappa shape index (κ2) is 13.5. The Balaban J connectivity index is 1.61. The Kier molecular flexibility index (Phi) is 9.55. The SMILES string of the molecule is CCOC(=O)C1=C(C)N=c2s/c(=C\c3cc(Cl)cc(Cl)c3OCc3ccc(C#N)cc3)c(=O)n2[C@H]1c1ccc(OCC)cc1. The van der Waals surface area contributed by atoms with Gasteiger partial charge in [-0.05, 0) is 74.4 Å². The van der Waals surface area contributed by atoms with Crippen LogP contribution in [0, 0.1) is 11.3 Å². The van der Waals surface area contributed by atoms with E-state index in [0.717, 1.165) is 5.56 Å². The number of nitrogens with zero attached hydrogens (tertiary/aromatic N) is 3. The van der Waals surface area contributed by atoms with Crippen LogP contribution in [0.15, 0.2) is 81.7 Å². The van der Waals surface area contributed by atoms with Crippen LogP contribution >= 0.6 is 34.5 Å². The third-order valence-corrected chi connectivity index (χ3v) is 8.30. The van der Waals surface area contributed by atoms with Gasteiger partial charge in [0.25, 0.3) is 5.56 Å². The molecule has 2 heterocycles. The number of carbonyl (C=O) groups excluding carboxylic acids is 1. The van der Waals surface area contributed by atoms with Crippen molar-refractivity contribution in [1.29, 1.82) is 5.26 Å². The van der Waals surface area contributed by atoms with Crippen LogP contribution in [0.3, 0.4) is 0 Å². The average molecular weight is 649 g/mol. The summed E-state index contributed by atoms with van der Waals surface area (Å²) >= 11 is 14.1. The average Bonchev–Trinajstić information content (AvgIpc) is 3.30. The van der Waals surface area contributed by atoms with E-state index in [4.69, 9.17) is 42.7 Å². The van der Waals surface area contributed by atoms with Crippen molar-refractivity contribution in [3.05, 3.63) is 124 Å². The summed E-state index contributed by atoms with van der Waals surface area (Å²) in [7, 11) is 0. The molecule has 0 saturated carbocycles. The Labute approximate surface area is 267 Å². The first kappa shape index (κ1) is 31.1. The smallest absolute Gasteiger partial charge is 0.338 e. The molecule has 0 radical (unpaired) electrons. The van der Waals surface area contributed by atoms with E-state index in [1.165, 1.54) is 15.9 Å². The van der Waals surface area contributed by atoms with Gasteiger partial charge in [-0.3, -0.25) is 9.36 Å². The number of hydrogen-bond acceptors (Lipinski definition) is 8. The lowest BCUT2D eigenvalue weighted by molar-refractivity contribution is -0.139. The Bertz CT molecular complexity index is 1970. The number of ether oxygens (including phenoxy) is 3. The van der Waals surface area contributed by atoms with Gasteiger partial charge in [-0.15, -0.1) is 0 Å². The molecule has 1 aliphatic rings. The standard InChI is InChI=1S/C33H27Cl2N3O5S/c1-4-41-25-12-10-22(11-13-25)29-28(32(40)42-5-2)19(3)37-33-38(29)31(39)27(44-33)15-23-14-24(34)16-26(35)30(23)43-18-21-8-6-20(17-36)7-9-21/h6-16,29H,4-5,18H2,1-3H3/b27-15-/t29-/m0/s1. The Morgan fingerprint density at radius 2 is 1.80 bits per heavy atom. The van der Waals surface area contributed by atoms with E-state index in [0.29, 0.717) is 54.8 Å². The molecule has 0 unspecified atom stereocenters. The zero-order valence-corrected chi connectivity index (χ0v) is 26.4. The fraction of sp³-hybridized carbons (Fsp3) is 0.212. The van der Waals surface area contributed by atoms with E-state index in [1.54, 1.807) is 68.5 Å². The predicted molar refractivity (Wildman–Crippen MR) is 170 cm³/mol. The second-order valence-corrected chi connectivity index (χ2v) is 11.6. The Morgan fingerprint density at radius 3 is 2.45 bits per heavy atom. The molecule has 0 N–H and O–H groups in total. The van der Waals surface area contributed by atoms with Crippen LogP contribution in [0.2, 0.25) is 10.0 Å². The Hall–Kier alpha value is -4.36. The number of nitriles is 1. The number of halogens is 2. The largest absolute Gasteiger partial charge is 0.494 e. The molecule has 0 aliphatic carbocycles. The van der Waals surface area contributed by atoms with Gasteiger partial charge in [0, 0.05) is 10.6 Å². The Morgan fingerprint density at radius 1 is 1.07 bits per heavy atom. The quantitative estimate of drug-likeness (QED) is 0.208. The van der Waals surface area contributed by atoms with Crippen molar-refractivity contribution in [3.63, 3.8) is 0 Å². The van der Waals surface area contributed by atoms with Crippen molar-refractivity contribution in [2.45, 2.75) is 33.4 Å². The molecule has 44 heavy (non-hydrogen) atoms. The number of hydrogen-bond donors (Lipinski definition) is 0. The fourth-order valence-electron chi connectivity index (χ4n) is 4.83. The van der Waals surface area contributed by atoms with Gasteiger partial charge in [0.15, 0.2) is 4.80 Å². The van der Waals surface area contributed by atoms with Gasteiger partial charge in [0.1, 0.15) is 18.1 Å². The highest BCUT2D eigenvalue weighted by molar-refractivity contribution is 7.07. The number of esters is 1. The van der Waals surface area contributed by atoms with E-state index in [2.05, 4.69) is 11.1 Å². The summed E-state index contributed by atoms with van der Waals surface area (Å²) in [5.74, 6) is 0.480. The van der Waals surface area contributed by atoms with Crippen LogP contribution in [0.4, 0.5) is 0 Å². The molecule has 1 aliphatic heterocycles. The van der Waals surface area contributed by atoms with E-state index in [9.17, 15) is 9.59 Å². The number of benzene rings is 3. The molecule has 224 valence electrons. The first-order valence-corrected chi connectivity index (χ1v) is 15.3. The molecule has 0 amide bonds. The first-order valence-electron chi connectivity index (χ1n) is 13.8. The number of thiazole rings is 1. The maximum absolute atomic E-state index is 14.1.